The lowest BCUT2D eigenvalue weighted by molar-refractivity contribution is 0.1000. The summed E-state index contributed by atoms with van der Waals surface area (Å²) < 4.78 is 0. The van der Waals surface area contributed by atoms with Gasteiger partial charge in [-0.1, -0.05) is 6.42 Å². The predicted octanol–water partition coefficient (Wildman–Crippen LogP) is 2.69. The number of anilines is 1. The van der Waals surface area contributed by atoms with E-state index in [9.17, 15) is 4.79 Å². The summed E-state index contributed by atoms with van der Waals surface area (Å²) in [6.45, 7) is 2.03. The highest BCUT2D eigenvalue weighted by molar-refractivity contribution is 5.93. The Labute approximate surface area is 108 Å². The molecule has 0 aliphatic heterocycles. The minimum absolute atomic E-state index is 0.357. The predicted molar refractivity (Wildman–Crippen MR) is 72.6 cm³/mol. The van der Waals surface area contributed by atoms with Gasteiger partial charge >= 0.3 is 0 Å². The lowest BCUT2D eigenvalue weighted by Crippen LogP contribution is -2.26. The highest BCUT2D eigenvalue weighted by atomic mass is 16.1. The summed E-state index contributed by atoms with van der Waals surface area (Å²) in [5.41, 5.74) is 8.13. The summed E-state index contributed by atoms with van der Waals surface area (Å²) in [6.07, 6.45) is 5.50. The number of carbonyl (C=O) groups is 1. The molecular formula is C15H20N2O. The van der Waals surface area contributed by atoms with Crippen molar-refractivity contribution >= 4 is 11.6 Å². The van der Waals surface area contributed by atoms with E-state index in [-0.39, 0.29) is 5.91 Å². The van der Waals surface area contributed by atoms with Crippen molar-refractivity contribution in [2.75, 3.05) is 5.32 Å². The minimum atomic E-state index is -0.357. The second kappa shape index (κ2) is 4.30. The zero-order valence-corrected chi connectivity index (χ0v) is 10.8. The van der Waals surface area contributed by atoms with E-state index in [1.807, 2.05) is 25.1 Å². The number of carbonyl (C=O) groups excluding carboxylic acids is 1. The fourth-order valence-electron chi connectivity index (χ4n) is 3.60. The molecule has 1 aromatic rings. The van der Waals surface area contributed by atoms with Gasteiger partial charge in [0.25, 0.3) is 0 Å². The monoisotopic (exact) mass is 244 g/mol. The summed E-state index contributed by atoms with van der Waals surface area (Å²) in [7, 11) is 0. The van der Waals surface area contributed by atoms with E-state index in [2.05, 4.69) is 5.32 Å². The first-order valence-electron chi connectivity index (χ1n) is 6.80. The number of fused-ring (bicyclic) bond motifs is 2. The molecule has 2 aliphatic carbocycles. The largest absolute Gasteiger partial charge is 0.382 e. The summed E-state index contributed by atoms with van der Waals surface area (Å²) in [4.78, 5) is 11.1. The molecule has 0 heterocycles. The molecule has 2 saturated carbocycles. The fraction of sp³-hybridized carbons (Fsp3) is 0.533. The van der Waals surface area contributed by atoms with Gasteiger partial charge in [-0.05, 0) is 61.8 Å². The smallest absolute Gasteiger partial charge is 0.248 e. The molecule has 3 unspecified atom stereocenters. The molecule has 3 heteroatoms. The lowest BCUT2D eigenvalue weighted by atomic mass is 9.95. The molecule has 3 rings (SSSR count). The van der Waals surface area contributed by atoms with Crippen molar-refractivity contribution in [3.63, 3.8) is 0 Å². The molecule has 1 amide bonds. The van der Waals surface area contributed by atoms with Crippen molar-refractivity contribution in [3.05, 3.63) is 29.3 Å². The molecule has 0 aromatic heterocycles. The maximum atomic E-state index is 11.1. The Morgan fingerprint density at radius 2 is 2.17 bits per heavy atom. The summed E-state index contributed by atoms with van der Waals surface area (Å²) in [5, 5.41) is 3.65. The van der Waals surface area contributed by atoms with Gasteiger partial charge in [0.1, 0.15) is 0 Å². The van der Waals surface area contributed by atoms with E-state index >= 15 is 0 Å². The van der Waals surface area contributed by atoms with Crippen molar-refractivity contribution in [1.82, 2.24) is 0 Å². The molecule has 3 atom stereocenters. The molecule has 0 saturated heterocycles. The lowest BCUT2D eigenvalue weighted by Gasteiger charge is -2.25. The van der Waals surface area contributed by atoms with Crippen LogP contribution in [0.2, 0.25) is 0 Å². The van der Waals surface area contributed by atoms with Gasteiger partial charge in [0.05, 0.1) is 0 Å². The Morgan fingerprint density at radius 3 is 2.72 bits per heavy atom. The van der Waals surface area contributed by atoms with E-state index in [0.29, 0.717) is 11.6 Å². The maximum Gasteiger partial charge on any atom is 0.248 e. The Hall–Kier alpha value is -1.51. The Bertz CT molecular complexity index is 483. The summed E-state index contributed by atoms with van der Waals surface area (Å²) in [6, 6.07) is 6.30. The van der Waals surface area contributed by atoms with Crippen LogP contribution in [0.5, 0.6) is 0 Å². The van der Waals surface area contributed by atoms with Crippen molar-refractivity contribution in [2.45, 2.75) is 38.6 Å². The zero-order chi connectivity index (χ0) is 12.7. The molecular weight excluding hydrogens is 224 g/mol. The van der Waals surface area contributed by atoms with Gasteiger partial charge in [0, 0.05) is 17.3 Å². The topological polar surface area (TPSA) is 55.1 Å². The van der Waals surface area contributed by atoms with Crippen LogP contribution in [0.3, 0.4) is 0 Å². The first-order valence-corrected chi connectivity index (χ1v) is 6.80. The van der Waals surface area contributed by atoms with Crippen LogP contribution in [0.1, 0.15) is 41.6 Å². The first kappa shape index (κ1) is 11.6. The van der Waals surface area contributed by atoms with Crippen LogP contribution in [0.15, 0.2) is 18.2 Å². The molecule has 0 spiro atoms. The number of benzene rings is 1. The standard InChI is InChI=1S/C15H20N2O/c1-9-6-12(15(16)18)4-5-13(9)17-14-8-10-2-3-11(14)7-10/h4-6,10-11,14,17H,2-3,7-8H2,1H3,(H2,16,18). The summed E-state index contributed by atoms with van der Waals surface area (Å²) in [5.74, 6) is 1.44. The van der Waals surface area contributed by atoms with Crippen LogP contribution < -0.4 is 11.1 Å². The number of nitrogens with one attached hydrogen (secondary N) is 1. The van der Waals surface area contributed by atoms with E-state index in [0.717, 1.165) is 23.1 Å². The number of amides is 1. The third kappa shape index (κ3) is 1.98. The van der Waals surface area contributed by atoms with Gasteiger partial charge in [0.15, 0.2) is 0 Å². The molecule has 2 fully saturated rings. The molecule has 2 aliphatic rings. The minimum Gasteiger partial charge on any atom is -0.382 e. The normalized spacial score (nSPS) is 29.5. The van der Waals surface area contributed by atoms with E-state index in [4.69, 9.17) is 5.73 Å². The van der Waals surface area contributed by atoms with Crippen molar-refractivity contribution in [1.29, 1.82) is 0 Å². The van der Waals surface area contributed by atoms with Gasteiger partial charge in [-0.3, -0.25) is 4.79 Å². The van der Waals surface area contributed by atoms with Crippen LogP contribution >= 0.6 is 0 Å². The molecule has 18 heavy (non-hydrogen) atoms. The van der Waals surface area contributed by atoms with Crippen LogP contribution in [-0.4, -0.2) is 11.9 Å². The Balaban J connectivity index is 1.75. The first-order chi connectivity index (χ1) is 8.63. The van der Waals surface area contributed by atoms with Crippen LogP contribution in [0.25, 0.3) is 0 Å². The molecule has 96 valence electrons. The van der Waals surface area contributed by atoms with Crippen LogP contribution in [0.4, 0.5) is 5.69 Å². The van der Waals surface area contributed by atoms with Gasteiger partial charge in [-0.2, -0.15) is 0 Å². The fourth-order valence-corrected chi connectivity index (χ4v) is 3.60. The third-order valence-electron chi connectivity index (χ3n) is 4.59. The highest BCUT2D eigenvalue weighted by Gasteiger charge is 2.39. The highest BCUT2D eigenvalue weighted by Crippen LogP contribution is 2.45. The van der Waals surface area contributed by atoms with Crippen molar-refractivity contribution in [2.24, 2.45) is 17.6 Å². The van der Waals surface area contributed by atoms with E-state index in [1.54, 1.807) is 0 Å². The second-order valence-corrected chi connectivity index (χ2v) is 5.82. The van der Waals surface area contributed by atoms with Gasteiger partial charge in [-0.15, -0.1) is 0 Å². The average molecular weight is 244 g/mol. The van der Waals surface area contributed by atoms with Gasteiger partial charge in [0.2, 0.25) is 5.91 Å². The van der Waals surface area contributed by atoms with Crippen LogP contribution in [0, 0.1) is 18.8 Å². The quantitative estimate of drug-likeness (QED) is 0.859. The number of aryl methyl sites for hydroxylation is 1. The number of rotatable bonds is 3. The number of primary amides is 1. The van der Waals surface area contributed by atoms with Gasteiger partial charge < -0.3 is 11.1 Å². The number of hydrogen-bond donors (Lipinski definition) is 2. The Morgan fingerprint density at radius 1 is 1.33 bits per heavy atom. The summed E-state index contributed by atoms with van der Waals surface area (Å²) >= 11 is 0. The molecule has 0 radical (unpaired) electrons. The molecule has 1 aromatic carbocycles. The maximum absolute atomic E-state index is 11.1. The molecule has 3 N–H and O–H groups in total. The second-order valence-electron chi connectivity index (χ2n) is 5.82. The molecule has 3 nitrogen and oxygen atoms in total. The average Bonchev–Trinajstić information content (AvgIpc) is 2.93. The van der Waals surface area contributed by atoms with E-state index in [1.165, 1.54) is 25.7 Å². The third-order valence-corrected chi connectivity index (χ3v) is 4.59. The van der Waals surface area contributed by atoms with Crippen LogP contribution in [-0.2, 0) is 0 Å². The SMILES string of the molecule is Cc1cc(C(N)=O)ccc1NC1CC2CCC1C2. The van der Waals surface area contributed by atoms with Gasteiger partial charge in [-0.25, -0.2) is 0 Å². The zero-order valence-electron chi connectivity index (χ0n) is 10.8. The Kier molecular flexibility index (Phi) is 2.77. The number of hydrogen-bond acceptors (Lipinski definition) is 2. The van der Waals surface area contributed by atoms with E-state index < -0.39 is 0 Å². The number of nitrogens with two attached hydrogens (primary N) is 1. The van der Waals surface area contributed by atoms with Crippen molar-refractivity contribution in [3.8, 4) is 0 Å². The molecule has 2 bridgehead atoms. The van der Waals surface area contributed by atoms with Crippen molar-refractivity contribution < 1.29 is 4.79 Å².